The number of aromatic nitrogens is 3. The number of rotatable bonds is 4. The molecule has 2 heterocycles. The summed E-state index contributed by atoms with van der Waals surface area (Å²) in [6.45, 7) is 0. The van der Waals surface area contributed by atoms with E-state index in [1.165, 1.54) is 57.5 Å². The minimum Gasteiger partial charge on any atom is -0.461 e. The average molecular weight is 688 g/mol. The summed E-state index contributed by atoms with van der Waals surface area (Å²) < 4.78 is 6.52. The van der Waals surface area contributed by atoms with Gasteiger partial charge < -0.3 is 4.74 Å². The standard InChI is InChI=1S/C49H41N3O/c1-2-9-30(10-3-1)34-22-26-44-43(29-34)46-42(15-8-16-45(46)53-44)49-51-47(36-18-17-31-11-4-5-13-33(31)27-36)50-48(52-49)37-21-23-39-35(28-37)20-25-40-38-14-7-6-12-32(38)19-24-41(39)40/h1-11,13-17,22,26-29,32,36,42,46H,12,18-21,23-25H2. The van der Waals surface area contributed by atoms with Crippen LogP contribution in [0.3, 0.4) is 0 Å². The van der Waals surface area contributed by atoms with Gasteiger partial charge in [0.15, 0.2) is 5.82 Å². The molecule has 3 aromatic carbocycles. The third-order valence-corrected chi connectivity index (χ3v) is 12.6. The first kappa shape index (κ1) is 31.0. The van der Waals surface area contributed by atoms with E-state index in [9.17, 15) is 0 Å². The molecule has 258 valence electrons. The lowest BCUT2D eigenvalue weighted by Gasteiger charge is -2.37. The predicted octanol–water partition coefficient (Wildman–Crippen LogP) is 9.86. The molecule has 6 aliphatic carbocycles. The monoisotopic (exact) mass is 687 g/mol. The van der Waals surface area contributed by atoms with Crippen molar-refractivity contribution in [1.82, 2.24) is 15.0 Å². The van der Waals surface area contributed by atoms with Gasteiger partial charge in [0.25, 0.3) is 0 Å². The van der Waals surface area contributed by atoms with Crippen molar-refractivity contribution in [2.24, 2.45) is 5.92 Å². The van der Waals surface area contributed by atoms with E-state index in [4.69, 9.17) is 19.7 Å². The van der Waals surface area contributed by atoms with Crippen LogP contribution >= 0.6 is 0 Å². The van der Waals surface area contributed by atoms with Crippen LogP contribution in [0.1, 0.15) is 92.2 Å². The Morgan fingerprint density at radius 2 is 1.55 bits per heavy atom. The molecule has 0 radical (unpaired) electrons. The molecule has 0 fully saturated rings. The quantitative estimate of drug-likeness (QED) is 0.214. The summed E-state index contributed by atoms with van der Waals surface area (Å²) >= 11 is 0. The van der Waals surface area contributed by atoms with Crippen LogP contribution in [0.5, 0.6) is 5.75 Å². The number of nitrogens with zero attached hydrogens (tertiary/aromatic N) is 3. The van der Waals surface area contributed by atoms with Gasteiger partial charge in [-0.05, 0) is 130 Å². The van der Waals surface area contributed by atoms with Gasteiger partial charge in [-0.1, -0.05) is 109 Å². The van der Waals surface area contributed by atoms with Gasteiger partial charge in [0.1, 0.15) is 23.2 Å². The van der Waals surface area contributed by atoms with Crippen molar-refractivity contribution in [1.29, 1.82) is 0 Å². The molecule has 0 saturated carbocycles. The van der Waals surface area contributed by atoms with E-state index in [1.807, 2.05) is 0 Å². The van der Waals surface area contributed by atoms with E-state index < -0.39 is 0 Å². The van der Waals surface area contributed by atoms with Gasteiger partial charge in [0, 0.05) is 11.5 Å². The minimum absolute atomic E-state index is 0.00167. The molecule has 1 aliphatic heterocycles. The Balaban J connectivity index is 1.02. The van der Waals surface area contributed by atoms with Crippen molar-refractivity contribution in [3.8, 4) is 16.9 Å². The summed E-state index contributed by atoms with van der Waals surface area (Å²) in [6.07, 6.45) is 29.5. The van der Waals surface area contributed by atoms with Gasteiger partial charge in [0.2, 0.25) is 0 Å². The van der Waals surface area contributed by atoms with E-state index in [1.54, 1.807) is 22.3 Å². The third kappa shape index (κ3) is 5.30. The number of ether oxygens (including phenoxy) is 1. The average Bonchev–Trinajstić information content (AvgIpc) is 3.61. The van der Waals surface area contributed by atoms with Crippen molar-refractivity contribution in [3.63, 3.8) is 0 Å². The lowest BCUT2D eigenvalue weighted by atomic mass is 9.68. The van der Waals surface area contributed by atoms with Gasteiger partial charge in [-0.2, -0.15) is 0 Å². The summed E-state index contributed by atoms with van der Waals surface area (Å²) in [5.74, 6) is 5.14. The first-order valence-corrected chi connectivity index (χ1v) is 19.5. The molecule has 0 N–H and O–H groups in total. The van der Waals surface area contributed by atoms with E-state index in [0.717, 1.165) is 61.1 Å². The Labute approximate surface area is 310 Å². The van der Waals surface area contributed by atoms with Crippen molar-refractivity contribution < 1.29 is 4.74 Å². The largest absolute Gasteiger partial charge is 0.461 e. The van der Waals surface area contributed by atoms with E-state index in [-0.39, 0.29) is 17.8 Å². The molecule has 4 atom stereocenters. The Kier molecular flexibility index (Phi) is 7.31. The molecule has 0 amide bonds. The number of allylic oxidation sites excluding steroid dienone is 14. The van der Waals surface area contributed by atoms with Gasteiger partial charge >= 0.3 is 0 Å². The fraction of sp³-hybridized carbons (Fsp3) is 0.245. The van der Waals surface area contributed by atoms with Crippen LogP contribution in [-0.2, 0) is 0 Å². The molecule has 0 saturated heterocycles. The maximum absolute atomic E-state index is 6.52. The van der Waals surface area contributed by atoms with E-state index in [2.05, 4.69) is 127 Å². The van der Waals surface area contributed by atoms with Gasteiger partial charge in [-0.15, -0.1) is 0 Å². The van der Waals surface area contributed by atoms with Crippen molar-refractivity contribution in [2.45, 2.75) is 69.1 Å². The lowest BCUT2D eigenvalue weighted by Crippen LogP contribution is -2.28. The van der Waals surface area contributed by atoms with Gasteiger partial charge in [-0.3, -0.25) is 0 Å². The first-order valence-electron chi connectivity index (χ1n) is 19.5. The van der Waals surface area contributed by atoms with Crippen LogP contribution in [0.4, 0.5) is 0 Å². The summed E-state index contributed by atoms with van der Waals surface area (Å²) in [4.78, 5) is 16.1. The topological polar surface area (TPSA) is 47.9 Å². The third-order valence-electron chi connectivity index (χ3n) is 12.6. The number of fused-ring (bicyclic) bond motifs is 7. The van der Waals surface area contributed by atoms with Crippen LogP contribution in [0, 0.1) is 5.92 Å². The number of hydrogen-bond acceptors (Lipinski definition) is 4. The van der Waals surface area contributed by atoms with Crippen LogP contribution in [0.25, 0.3) is 28.9 Å². The molecule has 0 spiro atoms. The second kappa shape index (κ2) is 12.5. The fourth-order valence-corrected chi connectivity index (χ4v) is 9.96. The number of benzene rings is 3. The molecule has 1 aromatic heterocycles. The first-order chi connectivity index (χ1) is 26.2. The molecule has 4 aromatic rings. The molecular formula is C49H41N3O. The van der Waals surface area contributed by atoms with Crippen LogP contribution < -0.4 is 15.2 Å². The predicted molar refractivity (Wildman–Crippen MR) is 212 cm³/mol. The van der Waals surface area contributed by atoms with Crippen molar-refractivity contribution in [3.05, 3.63) is 182 Å². The zero-order valence-corrected chi connectivity index (χ0v) is 29.8. The summed E-state index contributed by atoms with van der Waals surface area (Å²) in [7, 11) is 0. The molecule has 4 unspecified atom stereocenters. The van der Waals surface area contributed by atoms with Gasteiger partial charge in [-0.25, -0.2) is 15.0 Å². The Morgan fingerprint density at radius 3 is 2.49 bits per heavy atom. The maximum Gasteiger partial charge on any atom is 0.159 e. The van der Waals surface area contributed by atoms with Crippen LogP contribution in [-0.4, -0.2) is 15.0 Å². The smallest absolute Gasteiger partial charge is 0.159 e. The molecule has 11 rings (SSSR count). The van der Waals surface area contributed by atoms with E-state index >= 15 is 0 Å². The highest BCUT2D eigenvalue weighted by molar-refractivity contribution is 5.71. The highest BCUT2D eigenvalue weighted by Crippen LogP contribution is 2.52. The second-order valence-electron chi connectivity index (χ2n) is 15.5. The minimum atomic E-state index is -0.0722. The zero-order valence-electron chi connectivity index (χ0n) is 29.8. The van der Waals surface area contributed by atoms with Crippen LogP contribution in [0.2, 0.25) is 0 Å². The van der Waals surface area contributed by atoms with Crippen LogP contribution in [0.15, 0.2) is 149 Å². The second-order valence-corrected chi connectivity index (χ2v) is 15.5. The SMILES string of the molecule is C1=CCC2CCC3=C(CCC4=C3CCC(c3nc(C5C=c6ccccc6=CC5)nc(C5C=CC=C6Oc7ccc(-c8ccccc8)cc7C65)n3)=C4)C2=C1. The van der Waals surface area contributed by atoms with E-state index in [0.29, 0.717) is 5.92 Å². The normalized spacial score (nSPS) is 24.9. The summed E-state index contributed by atoms with van der Waals surface area (Å²) in [6, 6.07) is 25.8. The summed E-state index contributed by atoms with van der Waals surface area (Å²) in [5.41, 5.74) is 12.8. The molecule has 4 heteroatoms. The lowest BCUT2D eigenvalue weighted by molar-refractivity contribution is 0.413. The Hall–Kier alpha value is -5.61. The molecule has 7 aliphatic rings. The molecule has 0 bridgehead atoms. The molecule has 53 heavy (non-hydrogen) atoms. The van der Waals surface area contributed by atoms with Gasteiger partial charge in [0.05, 0.1) is 11.8 Å². The molecular weight excluding hydrogens is 647 g/mol. The Morgan fingerprint density at radius 1 is 0.679 bits per heavy atom. The zero-order chi connectivity index (χ0) is 34.9. The van der Waals surface area contributed by atoms with Crippen molar-refractivity contribution in [2.75, 3.05) is 0 Å². The fourth-order valence-electron chi connectivity index (χ4n) is 9.96. The number of hydrogen-bond donors (Lipinski definition) is 0. The maximum atomic E-state index is 6.52. The highest BCUT2D eigenvalue weighted by Gasteiger charge is 2.40. The van der Waals surface area contributed by atoms with Crippen molar-refractivity contribution >= 4 is 17.7 Å². The summed E-state index contributed by atoms with van der Waals surface area (Å²) in [5, 5.41) is 2.53. The molecule has 4 nitrogen and oxygen atoms in total. The Bertz CT molecular complexity index is 2560. The highest BCUT2D eigenvalue weighted by atomic mass is 16.5.